The Morgan fingerprint density at radius 3 is 2.60 bits per heavy atom. The van der Waals surface area contributed by atoms with Crippen LogP contribution in [0.5, 0.6) is 11.8 Å². The van der Waals surface area contributed by atoms with Crippen LogP contribution in [0.25, 0.3) is 0 Å². The Labute approximate surface area is 207 Å². The highest BCUT2D eigenvalue weighted by molar-refractivity contribution is 6.99. The third-order valence-corrected chi connectivity index (χ3v) is 6.58. The molecule has 1 unspecified atom stereocenters. The predicted octanol–water partition coefficient (Wildman–Crippen LogP) is 4.09. The normalized spacial score (nSPS) is 18.5. The zero-order valence-corrected chi connectivity index (χ0v) is 20.2. The van der Waals surface area contributed by atoms with E-state index in [4.69, 9.17) is 14.6 Å². The van der Waals surface area contributed by atoms with Gasteiger partial charge >= 0.3 is 5.97 Å². The molecule has 3 aromatic rings. The van der Waals surface area contributed by atoms with Gasteiger partial charge in [0, 0.05) is 19.2 Å². The number of carboxylic acids is 1. The Hall–Kier alpha value is -3.37. The minimum atomic E-state index is -0.950. The fourth-order valence-electron chi connectivity index (χ4n) is 4.06. The lowest BCUT2D eigenvalue weighted by molar-refractivity contribution is -0.154. The van der Waals surface area contributed by atoms with Crippen LogP contribution in [0.1, 0.15) is 54.2 Å². The number of carbonyl (C=O) groups excluding carboxylic acids is 1. The number of hydrogen-bond acceptors (Lipinski definition) is 8. The lowest BCUT2D eigenvalue weighted by Crippen LogP contribution is -2.34. The molecule has 0 saturated heterocycles. The fourth-order valence-corrected chi connectivity index (χ4v) is 4.56. The summed E-state index contributed by atoms with van der Waals surface area (Å²) in [4.78, 5) is 28.2. The van der Waals surface area contributed by atoms with Crippen molar-refractivity contribution in [2.24, 2.45) is 5.92 Å². The van der Waals surface area contributed by atoms with E-state index in [0.717, 1.165) is 43.0 Å². The number of hydrogen-bond donors (Lipinski definition) is 2. The second-order valence-electron chi connectivity index (χ2n) is 8.61. The van der Waals surface area contributed by atoms with E-state index < -0.39 is 12.1 Å². The zero-order chi connectivity index (χ0) is 24.6. The molecule has 1 aliphatic carbocycles. The summed E-state index contributed by atoms with van der Waals surface area (Å²) >= 11 is 1.06. The second kappa shape index (κ2) is 11.9. The van der Waals surface area contributed by atoms with Crippen molar-refractivity contribution < 1.29 is 24.2 Å². The van der Waals surface area contributed by atoms with E-state index in [9.17, 15) is 9.59 Å². The number of pyridine rings is 1. The van der Waals surface area contributed by atoms with Gasteiger partial charge in [-0.3, -0.25) is 4.79 Å². The molecule has 0 bridgehead atoms. The molecule has 1 aliphatic rings. The van der Waals surface area contributed by atoms with Crippen molar-refractivity contribution >= 4 is 23.6 Å². The topological polar surface area (TPSA) is 124 Å². The SMILES string of the molecule is CC(OC1CCC(CNC(=O)c2cccnc2Oc2nsnc2Cc2ccccc2)CC1)C(=O)O. The first kappa shape index (κ1) is 24.7. The minimum Gasteiger partial charge on any atom is -0.479 e. The Kier molecular flexibility index (Phi) is 8.38. The van der Waals surface area contributed by atoms with Crippen LogP contribution in [0.2, 0.25) is 0 Å². The average molecular weight is 497 g/mol. The Morgan fingerprint density at radius 2 is 1.86 bits per heavy atom. The summed E-state index contributed by atoms with van der Waals surface area (Å²) in [6.07, 6.45) is 4.56. The standard InChI is InChI=1S/C25H28N4O5S/c1-16(25(31)32)33-19-11-9-18(10-12-19)15-27-22(30)20-8-5-13-26-23(20)34-24-21(28-35-29-24)14-17-6-3-2-4-7-17/h2-8,13,16,18-19H,9-12,14-15H2,1H3,(H,27,30)(H,31,32). The number of carboxylic acid groups (broad SMARTS) is 1. The second-order valence-corrected chi connectivity index (χ2v) is 9.13. The number of aliphatic carboxylic acids is 1. The van der Waals surface area contributed by atoms with Crippen LogP contribution in [0.3, 0.4) is 0 Å². The van der Waals surface area contributed by atoms with Crippen molar-refractivity contribution in [1.82, 2.24) is 19.0 Å². The zero-order valence-electron chi connectivity index (χ0n) is 19.4. The fraction of sp³-hybridized carbons (Fsp3) is 0.400. The van der Waals surface area contributed by atoms with Gasteiger partial charge in [-0.2, -0.15) is 4.37 Å². The first-order valence-corrected chi connectivity index (χ1v) is 12.4. The number of ether oxygens (including phenoxy) is 2. The van der Waals surface area contributed by atoms with E-state index in [1.165, 1.54) is 0 Å². The molecule has 1 aromatic carbocycles. The molecule has 1 amide bonds. The van der Waals surface area contributed by atoms with Crippen molar-refractivity contribution in [3.63, 3.8) is 0 Å². The van der Waals surface area contributed by atoms with Crippen molar-refractivity contribution in [1.29, 1.82) is 0 Å². The number of benzene rings is 1. The number of rotatable bonds is 10. The van der Waals surface area contributed by atoms with Gasteiger partial charge in [0.2, 0.25) is 5.88 Å². The molecule has 2 heterocycles. The van der Waals surface area contributed by atoms with Gasteiger partial charge < -0.3 is 19.9 Å². The molecule has 35 heavy (non-hydrogen) atoms. The monoisotopic (exact) mass is 496 g/mol. The van der Waals surface area contributed by atoms with E-state index in [1.807, 2.05) is 30.3 Å². The van der Waals surface area contributed by atoms with Gasteiger partial charge in [0.05, 0.1) is 17.8 Å². The summed E-state index contributed by atoms with van der Waals surface area (Å²) in [5.74, 6) is -0.374. The van der Waals surface area contributed by atoms with Crippen molar-refractivity contribution in [3.8, 4) is 11.8 Å². The quantitative estimate of drug-likeness (QED) is 0.430. The number of nitrogens with one attached hydrogen (secondary N) is 1. The van der Waals surface area contributed by atoms with E-state index in [0.29, 0.717) is 36.0 Å². The summed E-state index contributed by atoms with van der Waals surface area (Å²) in [5.41, 5.74) is 2.11. The summed E-state index contributed by atoms with van der Waals surface area (Å²) in [7, 11) is 0. The van der Waals surface area contributed by atoms with Gasteiger partial charge in [0.1, 0.15) is 11.3 Å². The number of amides is 1. The molecule has 4 rings (SSSR count). The van der Waals surface area contributed by atoms with Gasteiger partial charge in [-0.1, -0.05) is 30.3 Å². The first-order valence-electron chi connectivity index (χ1n) is 11.6. The van der Waals surface area contributed by atoms with Crippen LogP contribution in [0.4, 0.5) is 0 Å². The highest BCUT2D eigenvalue weighted by atomic mass is 32.1. The summed E-state index contributed by atoms with van der Waals surface area (Å²) in [6, 6.07) is 13.3. The van der Waals surface area contributed by atoms with Crippen molar-refractivity contribution in [2.45, 2.75) is 51.2 Å². The van der Waals surface area contributed by atoms with Crippen LogP contribution >= 0.6 is 11.7 Å². The molecule has 10 heteroatoms. The van der Waals surface area contributed by atoms with Gasteiger partial charge in [0.25, 0.3) is 11.8 Å². The molecule has 2 aromatic heterocycles. The van der Waals surface area contributed by atoms with Crippen molar-refractivity contribution in [3.05, 3.63) is 65.5 Å². The van der Waals surface area contributed by atoms with Crippen LogP contribution < -0.4 is 10.1 Å². The van der Waals surface area contributed by atoms with Gasteiger partial charge in [0.15, 0.2) is 6.10 Å². The molecule has 2 N–H and O–H groups in total. The minimum absolute atomic E-state index is 0.0526. The molecule has 0 radical (unpaired) electrons. The molecule has 1 saturated carbocycles. The largest absolute Gasteiger partial charge is 0.479 e. The lowest BCUT2D eigenvalue weighted by atomic mass is 9.87. The third-order valence-electron chi connectivity index (χ3n) is 6.03. The van der Waals surface area contributed by atoms with Crippen LogP contribution in [-0.2, 0) is 16.0 Å². The number of carbonyl (C=O) groups is 2. The van der Waals surface area contributed by atoms with E-state index >= 15 is 0 Å². The van der Waals surface area contributed by atoms with Gasteiger partial charge in [-0.15, -0.1) is 4.37 Å². The van der Waals surface area contributed by atoms with E-state index in [2.05, 4.69) is 19.0 Å². The molecule has 1 atom stereocenters. The molecular weight excluding hydrogens is 468 g/mol. The van der Waals surface area contributed by atoms with Crippen molar-refractivity contribution in [2.75, 3.05) is 6.54 Å². The molecule has 184 valence electrons. The van der Waals surface area contributed by atoms with Gasteiger partial charge in [-0.25, -0.2) is 9.78 Å². The number of aromatic nitrogens is 3. The first-order chi connectivity index (χ1) is 17.0. The highest BCUT2D eigenvalue weighted by Gasteiger charge is 2.26. The maximum absolute atomic E-state index is 12.9. The molecule has 9 nitrogen and oxygen atoms in total. The molecule has 1 fully saturated rings. The summed E-state index contributed by atoms with van der Waals surface area (Å²) < 4.78 is 20.1. The summed E-state index contributed by atoms with van der Waals surface area (Å²) in [6.45, 7) is 2.07. The maximum atomic E-state index is 12.9. The molecule has 0 aliphatic heterocycles. The van der Waals surface area contributed by atoms with E-state index in [1.54, 1.807) is 25.3 Å². The van der Waals surface area contributed by atoms with Crippen LogP contribution in [0.15, 0.2) is 48.7 Å². The smallest absolute Gasteiger partial charge is 0.332 e. The number of nitrogens with zero attached hydrogens (tertiary/aromatic N) is 3. The van der Waals surface area contributed by atoms with E-state index in [-0.39, 0.29) is 17.9 Å². The Bertz CT molecular complexity index is 1130. The maximum Gasteiger partial charge on any atom is 0.332 e. The predicted molar refractivity (Wildman–Crippen MR) is 130 cm³/mol. The third kappa shape index (κ3) is 6.83. The lowest BCUT2D eigenvalue weighted by Gasteiger charge is -2.29. The Morgan fingerprint density at radius 1 is 1.09 bits per heavy atom. The van der Waals surface area contributed by atoms with Gasteiger partial charge in [-0.05, 0) is 56.2 Å². The summed E-state index contributed by atoms with van der Waals surface area (Å²) in [5, 5.41) is 12.0. The van der Waals surface area contributed by atoms with Crippen LogP contribution in [-0.4, -0.2) is 49.5 Å². The Balaban J connectivity index is 1.32. The molecule has 0 spiro atoms. The average Bonchev–Trinajstić information content (AvgIpc) is 3.30. The highest BCUT2D eigenvalue weighted by Crippen LogP contribution is 2.28. The van der Waals surface area contributed by atoms with Crippen LogP contribution in [0, 0.1) is 5.92 Å². The molecular formula is C25H28N4O5S.